The average molecular weight is 351 g/mol. The van der Waals surface area contributed by atoms with Crippen molar-refractivity contribution in [3.05, 3.63) is 76.4 Å². The summed E-state index contributed by atoms with van der Waals surface area (Å²) in [4.78, 5) is 10.5. The van der Waals surface area contributed by atoms with Crippen molar-refractivity contribution in [1.82, 2.24) is 14.9 Å². The first-order valence-corrected chi connectivity index (χ1v) is 8.87. The van der Waals surface area contributed by atoms with Crippen LogP contribution in [0.5, 0.6) is 0 Å². The summed E-state index contributed by atoms with van der Waals surface area (Å²) in [5.74, 6) is 0.697. The van der Waals surface area contributed by atoms with Gasteiger partial charge in [-0.15, -0.1) is 0 Å². The molecule has 0 aliphatic carbocycles. The van der Waals surface area contributed by atoms with Gasteiger partial charge in [-0.2, -0.15) is 0 Å². The van der Waals surface area contributed by atoms with Crippen molar-refractivity contribution in [2.75, 3.05) is 6.54 Å². The van der Waals surface area contributed by atoms with E-state index in [1.165, 1.54) is 0 Å². The van der Waals surface area contributed by atoms with Crippen LogP contribution in [0.3, 0.4) is 0 Å². The zero-order valence-electron chi connectivity index (χ0n) is 14.8. The zero-order valence-corrected chi connectivity index (χ0v) is 14.8. The predicted molar refractivity (Wildman–Crippen MR) is 98.9 cm³/mol. The molecule has 2 aromatic carbocycles. The monoisotopic (exact) mass is 351 g/mol. The molecule has 4 rings (SSSR count). The van der Waals surface area contributed by atoms with Gasteiger partial charge in [0.1, 0.15) is 11.6 Å². The fourth-order valence-electron chi connectivity index (χ4n) is 3.50. The number of imidazole rings is 1. The minimum Gasteiger partial charge on any atom is -0.392 e. The van der Waals surface area contributed by atoms with Gasteiger partial charge in [0.05, 0.1) is 18.0 Å². The van der Waals surface area contributed by atoms with Crippen molar-refractivity contribution in [1.29, 1.82) is 0 Å². The lowest BCUT2D eigenvalue weighted by molar-refractivity contribution is 0.241. The normalized spacial score (nSPS) is 14.4. The molecule has 1 aliphatic rings. The predicted octanol–water partition coefficient (Wildman–Crippen LogP) is 3.57. The SMILES string of the molecule is Cc1cc(CN2CCc3nc(-c4cccc(CO)c4)[nH]c3C2)ccc1F. The molecule has 134 valence electrons. The molecule has 0 radical (unpaired) electrons. The number of aliphatic hydroxyl groups is 1. The van der Waals surface area contributed by atoms with Crippen LogP contribution < -0.4 is 0 Å². The molecule has 0 bridgehead atoms. The molecule has 0 spiro atoms. The van der Waals surface area contributed by atoms with Gasteiger partial charge in [-0.05, 0) is 35.7 Å². The second-order valence-corrected chi connectivity index (χ2v) is 6.91. The van der Waals surface area contributed by atoms with E-state index >= 15 is 0 Å². The molecular weight excluding hydrogens is 329 g/mol. The molecule has 4 nitrogen and oxygen atoms in total. The first-order chi connectivity index (χ1) is 12.6. The molecule has 0 amide bonds. The van der Waals surface area contributed by atoms with Crippen LogP contribution in [-0.4, -0.2) is 26.5 Å². The quantitative estimate of drug-likeness (QED) is 0.755. The number of hydrogen-bond acceptors (Lipinski definition) is 3. The first kappa shape index (κ1) is 16.9. The smallest absolute Gasteiger partial charge is 0.137 e. The summed E-state index contributed by atoms with van der Waals surface area (Å²) in [6.07, 6.45) is 0.895. The van der Waals surface area contributed by atoms with Gasteiger partial charge in [0.15, 0.2) is 0 Å². The van der Waals surface area contributed by atoms with Gasteiger partial charge in [-0.1, -0.05) is 30.3 Å². The molecule has 2 heterocycles. The first-order valence-electron chi connectivity index (χ1n) is 8.87. The highest BCUT2D eigenvalue weighted by Gasteiger charge is 2.21. The van der Waals surface area contributed by atoms with Crippen LogP contribution in [0, 0.1) is 12.7 Å². The maximum atomic E-state index is 13.4. The van der Waals surface area contributed by atoms with Gasteiger partial charge in [0, 0.05) is 31.6 Å². The molecule has 0 atom stereocenters. The number of aromatic amines is 1. The third-order valence-electron chi connectivity index (χ3n) is 4.92. The molecule has 3 aromatic rings. The number of hydrogen-bond donors (Lipinski definition) is 2. The largest absolute Gasteiger partial charge is 0.392 e. The summed E-state index contributed by atoms with van der Waals surface area (Å²) in [6.45, 7) is 4.37. The summed E-state index contributed by atoms with van der Waals surface area (Å²) >= 11 is 0. The number of aryl methyl sites for hydroxylation is 1. The topological polar surface area (TPSA) is 52.1 Å². The van der Waals surface area contributed by atoms with E-state index in [4.69, 9.17) is 4.98 Å². The van der Waals surface area contributed by atoms with Gasteiger partial charge in [-0.25, -0.2) is 9.37 Å². The molecule has 1 aromatic heterocycles. The Morgan fingerprint density at radius 2 is 2.08 bits per heavy atom. The van der Waals surface area contributed by atoms with Crippen LogP contribution >= 0.6 is 0 Å². The van der Waals surface area contributed by atoms with Gasteiger partial charge < -0.3 is 10.1 Å². The third kappa shape index (κ3) is 3.41. The third-order valence-corrected chi connectivity index (χ3v) is 4.92. The van der Waals surface area contributed by atoms with Crippen molar-refractivity contribution < 1.29 is 9.50 Å². The second kappa shape index (κ2) is 7.02. The van der Waals surface area contributed by atoms with E-state index in [1.807, 2.05) is 36.4 Å². The van der Waals surface area contributed by atoms with Crippen molar-refractivity contribution in [3.63, 3.8) is 0 Å². The van der Waals surface area contributed by atoms with Crippen molar-refractivity contribution in [2.45, 2.75) is 33.0 Å². The van der Waals surface area contributed by atoms with E-state index in [0.29, 0.717) is 5.56 Å². The minimum atomic E-state index is -0.155. The number of halogens is 1. The number of nitrogens with one attached hydrogen (secondary N) is 1. The Morgan fingerprint density at radius 1 is 1.19 bits per heavy atom. The van der Waals surface area contributed by atoms with Gasteiger partial charge in [-0.3, -0.25) is 4.90 Å². The fraction of sp³-hybridized carbons (Fsp3) is 0.286. The summed E-state index contributed by atoms with van der Waals surface area (Å²) in [5.41, 5.74) is 5.94. The Balaban J connectivity index is 1.52. The highest BCUT2D eigenvalue weighted by molar-refractivity contribution is 5.57. The molecule has 2 N–H and O–H groups in total. The Kier molecular flexibility index (Phi) is 4.57. The van der Waals surface area contributed by atoms with Gasteiger partial charge in [0.25, 0.3) is 0 Å². The van der Waals surface area contributed by atoms with E-state index < -0.39 is 0 Å². The second-order valence-electron chi connectivity index (χ2n) is 6.91. The number of aliphatic hydroxyl groups excluding tert-OH is 1. The Hall–Kier alpha value is -2.50. The molecule has 26 heavy (non-hydrogen) atoms. The maximum absolute atomic E-state index is 13.4. The lowest BCUT2D eigenvalue weighted by atomic mass is 10.1. The number of benzene rings is 2. The fourth-order valence-corrected chi connectivity index (χ4v) is 3.50. The van der Waals surface area contributed by atoms with Crippen LogP contribution in [0.1, 0.15) is 28.1 Å². The van der Waals surface area contributed by atoms with Crippen LogP contribution in [0.15, 0.2) is 42.5 Å². The zero-order chi connectivity index (χ0) is 18.1. The summed E-state index contributed by atoms with van der Waals surface area (Å²) in [5, 5.41) is 9.32. The average Bonchev–Trinajstić information content (AvgIpc) is 3.08. The highest BCUT2D eigenvalue weighted by atomic mass is 19.1. The lowest BCUT2D eigenvalue weighted by Crippen LogP contribution is -2.30. The van der Waals surface area contributed by atoms with Gasteiger partial charge in [0.2, 0.25) is 0 Å². The van der Waals surface area contributed by atoms with E-state index in [9.17, 15) is 9.50 Å². The Morgan fingerprint density at radius 3 is 2.88 bits per heavy atom. The number of aromatic nitrogens is 2. The standard InChI is InChI=1S/C21H22FN3O/c1-14-9-15(5-6-18(14)22)11-25-8-7-19-20(12-25)24-21(23-19)17-4-2-3-16(10-17)13-26/h2-6,9-10,26H,7-8,11-13H2,1H3,(H,23,24). The summed E-state index contributed by atoms with van der Waals surface area (Å²) in [7, 11) is 0. The van der Waals surface area contributed by atoms with Crippen molar-refractivity contribution in [3.8, 4) is 11.4 Å². The number of nitrogens with zero attached hydrogens (tertiary/aromatic N) is 2. The van der Waals surface area contributed by atoms with Crippen LogP contribution in [-0.2, 0) is 26.1 Å². The lowest BCUT2D eigenvalue weighted by Gasteiger charge is -2.26. The van der Waals surface area contributed by atoms with E-state index in [2.05, 4.69) is 9.88 Å². The van der Waals surface area contributed by atoms with E-state index in [1.54, 1.807) is 13.0 Å². The maximum Gasteiger partial charge on any atom is 0.137 e. The molecule has 0 saturated heterocycles. The van der Waals surface area contributed by atoms with Crippen molar-refractivity contribution in [2.24, 2.45) is 0 Å². The minimum absolute atomic E-state index is 0.0269. The molecule has 0 saturated carbocycles. The van der Waals surface area contributed by atoms with E-state index in [-0.39, 0.29) is 12.4 Å². The van der Waals surface area contributed by atoms with Crippen LogP contribution in [0.2, 0.25) is 0 Å². The molecule has 1 aliphatic heterocycles. The van der Waals surface area contributed by atoms with Crippen LogP contribution in [0.25, 0.3) is 11.4 Å². The summed E-state index contributed by atoms with van der Waals surface area (Å²) < 4.78 is 13.4. The number of H-pyrrole nitrogens is 1. The van der Waals surface area contributed by atoms with E-state index in [0.717, 1.165) is 60.0 Å². The van der Waals surface area contributed by atoms with Crippen LogP contribution in [0.4, 0.5) is 4.39 Å². The highest BCUT2D eigenvalue weighted by Crippen LogP contribution is 2.24. The molecule has 0 unspecified atom stereocenters. The molecular formula is C21H22FN3O. The molecule has 5 heteroatoms. The van der Waals surface area contributed by atoms with Crippen molar-refractivity contribution >= 4 is 0 Å². The Labute approximate surface area is 152 Å². The van der Waals surface area contributed by atoms with Gasteiger partial charge >= 0.3 is 0 Å². The molecule has 0 fully saturated rings. The number of fused-ring (bicyclic) bond motifs is 1. The summed E-state index contributed by atoms with van der Waals surface area (Å²) in [6, 6.07) is 13.1. The number of rotatable bonds is 4. The Bertz CT molecular complexity index is 935.